The molecule has 7 heteroatoms. The third-order valence-electron chi connectivity index (χ3n) is 5.72. The van der Waals surface area contributed by atoms with E-state index in [0.29, 0.717) is 31.0 Å². The first-order chi connectivity index (χ1) is 16.8. The zero-order valence-electron chi connectivity index (χ0n) is 18.0. The fourth-order valence-corrected chi connectivity index (χ4v) is 4.20. The van der Waals surface area contributed by atoms with Crippen LogP contribution in [0.1, 0.15) is 0 Å². The highest BCUT2D eigenvalue weighted by Crippen LogP contribution is 2.34. The van der Waals surface area contributed by atoms with E-state index in [2.05, 4.69) is 6.07 Å². The van der Waals surface area contributed by atoms with Crippen LogP contribution in [-0.2, 0) is 0 Å². The van der Waals surface area contributed by atoms with Gasteiger partial charge >= 0.3 is 7.69 Å². The first-order valence-electron chi connectivity index (χ1n) is 10.8. The van der Waals surface area contributed by atoms with Crippen LogP contribution in [0, 0.1) is 0 Å². The van der Waals surface area contributed by atoms with E-state index in [1.54, 1.807) is 0 Å². The summed E-state index contributed by atoms with van der Waals surface area (Å²) in [5.74, 6) is 2.28. The molecule has 1 radical (unpaired) electrons. The minimum absolute atomic E-state index is 0.529. The Kier molecular flexibility index (Phi) is 5.01. The third-order valence-corrected chi connectivity index (χ3v) is 5.72. The van der Waals surface area contributed by atoms with Gasteiger partial charge in [0.2, 0.25) is 5.95 Å². The lowest BCUT2D eigenvalue weighted by atomic mass is 10.1. The van der Waals surface area contributed by atoms with Crippen LogP contribution < -0.4 is 4.65 Å². The van der Waals surface area contributed by atoms with Gasteiger partial charge in [-0.3, -0.25) is 4.57 Å². The van der Waals surface area contributed by atoms with Crippen molar-refractivity contribution >= 4 is 29.5 Å². The van der Waals surface area contributed by atoms with Crippen LogP contribution >= 0.6 is 0 Å². The van der Waals surface area contributed by atoms with Gasteiger partial charge in [-0.25, -0.2) is 4.98 Å². The number of benzene rings is 4. The summed E-state index contributed by atoms with van der Waals surface area (Å²) in [7, 11) is 0.685. The summed E-state index contributed by atoms with van der Waals surface area (Å²) in [6.45, 7) is 0. The monoisotopic (exact) mass is 441 g/mol. The van der Waals surface area contributed by atoms with Crippen LogP contribution in [0.3, 0.4) is 0 Å². The average Bonchev–Trinajstić information content (AvgIpc) is 3.23. The molecule has 0 amide bonds. The molecule has 34 heavy (non-hydrogen) atoms. The third kappa shape index (κ3) is 3.48. The zero-order chi connectivity index (χ0) is 22.9. The molecular formula is C27H18BN4O2. The topological polar surface area (TPSA) is 73.1 Å². The van der Waals surface area contributed by atoms with Crippen LogP contribution in [0.15, 0.2) is 103 Å². The summed E-state index contributed by atoms with van der Waals surface area (Å²) >= 11 is 0. The van der Waals surface area contributed by atoms with Crippen LogP contribution in [0.2, 0.25) is 0 Å². The summed E-state index contributed by atoms with van der Waals surface area (Å²) in [4.78, 5) is 14.6. The summed E-state index contributed by atoms with van der Waals surface area (Å²) in [5.41, 5.74) is 3.72. The molecule has 4 aromatic carbocycles. The number of nitrogens with zero attached hydrogens (tertiary/aromatic N) is 4. The van der Waals surface area contributed by atoms with Crippen molar-refractivity contribution in [3.8, 4) is 34.5 Å². The predicted molar refractivity (Wildman–Crippen MR) is 134 cm³/mol. The molecule has 0 atom stereocenters. The average molecular weight is 441 g/mol. The lowest BCUT2D eigenvalue weighted by Crippen LogP contribution is -2.06. The number of hydrogen-bond acceptors (Lipinski definition) is 5. The van der Waals surface area contributed by atoms with Crippen molar-refractivity contribution < 1.29 is 9.68 Å². The van der Waals surface area contributed by atoms with Crippen molar-refractivity contribution in [3.63, 3.8) is 0 Å². The van der Waals surface area contributed by atoms with Crippen molar-refractivity contribution in [2.75, 3.05) is 0 Å². The molecule has 161 valence electrons. The minimum atomic E-state index is 0.529. The van der Waals surface area contributed by atoms with Crippen LogP contribution in [-0.4, -0.2) is 32.2 Å². The summed E-state index contributed by atoms with van der Waals surface area (Å²) in [6.07, 6.45) is 0. The molecule has 0 aliphatic rings. The summed E-state index contributed by atoms with van der Waals surface area (Å²) in [6, 6.07) is 33.6. The molecule has 1 N–H and O–H groups in total. The standard InChI is InChI=1S/C27H18BN4O2/c33-28-34-20-15-16-24-22(17-20)21-13-7-8-14-23(21)32(24)27-30-25(18-9-3-1-4-10-18)29-26(31-27)19-11-5-2-6-12-19/h1-17,33H. The van der Waals surface area contributed by atoms with E-state index in [1.165, 1.54) is 0 Å². The van der Waals surface area contributed by atoms with Gasteiger partial charge < -0.3 is 9.68 Å². The van der Waals surface area contributed by atoms with Gasteiger partial charge in [-0.15, -0.1) is 0 Å². The molecule has 0 aliphatic carbocycles. The highest BCUT2D eigenvalue weighted by Gasteiger charge is 2.18. The second-order valence-electron chi connectivity index (χ2n) is 7.77. The molecular weight excluding hydrogens is 423 g/mol. The number of aromatic nitrogens is 4. The van der Waals surface area contributed by atoms with Gasteiger partial charge in [0.1, 0.15) is 5.75 Å². The Morgan fingerprint density at radius 1 is 0.618 bits per heavy atom. The Hall–Kier alpha value is -4.49. The fourth-order valence-electron chi connectivity index (χ4n) is 4.20. The van der Waals surface area contributed by atoms with Gasteiger partial charge in [-0.2, -0.15) is 9.97 Å². The van der Waals surface area contributed by atoms with E-state index in [1.807, 2.05) is 102 Å². The molecule has 0 aliphatic heterocycles. The number of para-hydroxylation sites is 1. The van der Waals surface area contributed by atoms with Crippen molar-refractivity contribution in [2.24, 2.45) is 0 Å². The van der Waals surface area contributed by atoms with E-state index < -0.39 is 0 Å². The Labute approximate surface area is 196 Å². The maximum Gasteiger partial charge on any atom is 0.569 e. The summed E-state index contributed by atoms with van der Waals surface area (Å²) in [5, 5.41) is 11.1. The normalized spacial score (nSPS) is 11.1. The molecule has 0 bridgehead atoms. The second-order valence-corrected chi connectivity index (χ2v) is 7.77. The van der Waals surface area contributed by atoms with Gasteiger partial charge in [0.15, 0.2) is 11.6 Å². The number of fused-ring (bicyclic) bond motifs is 3. The molecule has 6 aromatic rings. The Bertz CT molecular complexity index is 1560. The van der Waals surface area contributed by atoms with Gasteiger partial charge in [0.25, 0.3) is 0 Å². The predicted octanol–water partition coefficient (Wildman–Crippen LogP) is 5.21. The van der Waals surface area contributed by atoms with E-state index in [-0.39, 0.29) is 0 Å². The molecule has 0 spiro atoms. The van der Waals surface area contributed by atoms with Crippen LogP contribution in [0.5, 0.6) is 5.75 Å². The van der Waals surface area contributed by atoms with E-state index in [4.69, 9.17) is 24.6 Å². The van der Waals surface area contributed by atoms with E-state index in [0.717, 1.165) is 32.9 Å². The fraction of sp³-hybridized carbons (Fsp3) is 0. The molecule has 0 fully saturated rings. The van der Waals surface area contributed by atoms with Gasteiger partial charge in [0, 0.05) is 21.9 Å². The highest BCUT2D eigenvalue weighted by atomic mass is 16.5. The lowest BCUT2D eigenvalue weighted by Gasteiger charge is -2.11. The van der Waals surface area contributed by atoms with E-state index >= 15 is 0 Å². The molecule has 2 heterocycles. The first-order valence-corrected chi connectivity index (χ1v) is 10.8. The van der Waals surface area contributed by atoms with Crippen LogP contribution in [0.25, 0.3) is 50.5 Å². The molecule has 2 aromatic heterocycles. The maximum absolute atomic E-state index is 9.09. The molecule has 0 saturated heterocycles. The lowest BCUT2D eigenvalue weighted by molar-refractivity contribution is 0.454. The first kappa shape index (κ1) is 20.1. The van der Waals surface area contributed by atoms with Crippen molar-refractivity contribution in [3.05, 3.63) is 103 Å². The van der Waals surface area contributed by atoms with Crippen molar-refractivity contribution in [1.29, 1.82) is 0 Å². The summed E-state index contributed by atoms with van der Waals surface area (Å²) < 4.78 is 7.25. The van der Waals surface area contributed by atoms with Crippen molar-refractivity contribution in [2.45, 2.75) is 0 Å². The molecule has 6 nitrogen and oxygen atoms in total. The maximum atomic E-state index is 9.09. The highest BCUT2D eigenvalue weighted by molar-refractivity contribution is 6.17. The smallest absolute Gasteiger partial charge is 0.537 e. The Balaban J connectivity index is 1.66. The minimum Gasteiger partial charge on any atom is -0.537 e. The second kappa shape index (κ2) is 8.46. The van der Waals surface area contributed by atoms with Gasteiger partial charge in [-0.05, 0) is 24.3 Å². The quantitative estimate of drug-likeness (QED) is 0.372. The molecule has 6 rings (SSSR count). The molecule has 0 unspecified atom stereocenters. The van der Waals surface area contributed by atoms with Gasteiger partial charge in [-0.1, -0.05) is 78.9 Å². The van der Waals surface area contributed by atoms with E-state index in [9.17, 15) is 0 Å². The number of rotatable bonds is 5. The Morgan fingerprint density at radius 2 is 1.21 bits per heavy atom. The number of hydrogen-bond donors (Lipinski definition) is 1. The van der Waals surface area contributed by atoms with Crippen molar-refractivity contribution in [1.82, 2.24) is 19.5 Å². The molecule has 0 saturated carbocycles. The Morgan fingerprint density at radius 3 is 1.85 bits per heavy atom. The SMILES string of the molecule is O[B]Oc1ccc2c(c1)c1ccccc1n2-c1nc(-c2ccccc2)nc(-c2ccccc2)n1. The largest absolute Gasteiger partial charge is 0.569 e. The zero-order valence-corrected chi connectivity index (χ0v) is 18.0. The van der Waals surface area contributed by atoms with Crippen LogP contribution in [0.4, 0.5) is 0 Å². The van der Waals surface area contributed by atoms with Gasteiger partial charge in [0.05, 0.1) is 11.0 Å².